The topological polar surface area (TPSA) is 32.3 Å². The summed E-state index contributed by atoms with van der Waals surface area (Å²) in [4.78, 5) is 14.9. The van der Waals surface area contributed by atoms with Crippen LogP contribution < -0.4 is 10.2 Å². The molecule has 1 amide bonds. The maximum Gasteiger partial charge on any atom is 0.231 e. The van der Waals surface area contributed by atoms with Crippen LogP contribution >= 0.6 is 11.3 Å². The van der Waals surface area contributed by atoms with Gasteiger partial charge in [-0.1, -0.05) is 19.1 Å². The Kier molecular flexibility index (Phi) is 3.83. The number of benzene rings is 1. The third kappa shape index (κ3) is 2.39. The number of hydrogen-bond acceptors (Lipinski definition) is 3. The van der Waals surface area contributed by atoms with Crippen molar-refractivity contribution in [3.05, 3.63) is 51.2 Å². The second-order valence-corrected chi connectivity index (χ2v) is 6.35. The van der Waals surface area contributed by atoms with Crippen LogP contribution in [0.1, 0.15) is 34.5 Å². The molecule has 0 saturated heterocycles. The number of carbonyl (C=O) groups excluding carboxylic acids is 1. The molecular weight excluding hydrogens is 280 g/mol. The minimum absolute atomic E-state index is 0.175. The van der Waals surface area contributed by atoms with Crippen LogP contribution in [0.2, 0.25) is 0 Å². The Morgan fingerprint density at radius 2 is 2.19 bits per heavy atom. The fourth-order valence-electron chi connectivity index (χ4n) is 3.01. The largest absolute Gasteiger partial charge is 0.315 e. The molecule has 1 aliphatic heterocycles. The van der Waals surface area contributed by atoms with Crippen molar-refractivity contribution in [2.24, 2.45) is 0 Å². The summed E-state index contributed by atoms with van der Waals surface area (Å²) in [7, 11) is 3.84. The monoisotopic (exact) mass is 300 g/mol. The van der Waals surface area contributed by atoms with Crippen molar-refractivity contribution in [3.8, 4) is 0 Å². The van der Waals surface area contributed by atoms with Crippen LogP contribution in [-0.2, 0) is 17.6 Å². The summed E-state index contributed by atoms with van der Waals surface area (Å²) in [6.45, 7) is 2.19. The average molecular weight is 300 g/mol. The first-order valence-corrected chi connectivity index (χ1v) is 8.16. The van der Waals surface area contributed by atoms with Gasteiger partial charge in [0.25, 0.3) is 0 Å². The summed E-state index contributed by atoms with van der Waals surface area (Å²) in [6, 6.07) is 8.78. The molecule has 1 atom stereocenters. The summed E-state index contributed by atoms with van der Waals surface area (Å²) >= 11 is 1.80. The zero-order chi connectivity index (χ0) is 15.0. The molecule has 0 bridgehead atoms. The lowest BCUT2D eigenvalue weighted by Crippen LogP contribution is -2.20. The van der Waals surface area contributed by atoms with Gasteiger partial charge in [0.2, 0.25) is 5.91 Å². The first kappa shape index (κ1) is 14.3. The lowest BCUT2D eigenvalue weighted by atomic mass is 9.98. The summed E-state index contributed by atoms with van der Waals surface area (Å²) in [5.41, 5.74) is 4.81. The Labute approximate surface area is 129 Å². The number of aryl methyl sites for hydroxylation is 1. The summed E-state index contributed by atoms with van der Waals surface area (Å²) < 4.78 is 0. The highest BCUT2D eigenvalue weighted by Crippen LogP contribution is 2.34. The van der Waals surface area contributed by atoms with Crippen LogP contribution in [0, 0.1) is 0 Å². The quantitative estimate of drug-likeness (QED) is 0.941. The van der Waals surface area contributed by atoms with Gasteiger partial charge in [-0.25, -0.2) is 0 Å². The van der Waals surface area contributed by atoms with Crippen molar-refractivity contribution >= 4 is 22.9 Å². The molecule has 2 aromatic rings. The highest BCUT2D eigenvalue weighted by molar-refractivity contribution is 7.10. The molecule has 21 heavy (non-hydrogen) atoms. The third-order valence-electron chi connectivity index (χ3n) is 4.23. The molecule has 0 radical (unpaired) electrons. The number of anilines is 1. The number of hydrogen-bond donors (Lipinski definition) is 1. The number of fused-ring (bicyclic) bond motifs is 1. The molecule has 3 rings (SSSR count). The van der Waals surface area contributed by atoms with E-state index in [0.29, 0.717) is 6.42 Å². The van der Waals surface area contributed by atoms with Gasteiger partial charge in [-0.15, -0.1) is 11.3 Å². The molecule has 1 aromatic carbocycles. The Hall–Kier alpha value is -1.65. The predicted molar refractivity (Wildman–Crippen MR) is 88.2 cm³/mol. The van der Waals surface area contributed by atoms with Gasteiger partial charge < -0.3 is 10.2 Å². The van der Waals surface area contributed by atoms with E-state index in [-0.39, 0.29) is 11.9 Å². The molecule has 110 valence electrons. The van der Waals surface area contributed by atoms with Crippen molar-refractivity contribution in [2.45, 2.75) is 25.8 Å². The second-order valence-electron chi connectivity index (χ2n) is 5.40. The first-order valence-electron chi connectivity index (χ1n) is 7.28. The predicted octanol–water partition coefficient (Wildman–Crippen LogP) is 3.14. The van der Waals surface area contributed by atoms with Gasteiger partial charge in [-0.2, -0.15) is 0 Å². The second kappa shape index (κ2) is 5.62. The van der Waals surface area contributed by atoms with Gasteiger partial charge in [-0.3, -0.25) is 4.79 Å². The molecule has 1 N–H and O–H groups in total. The van der Waals surface area contributed by atoms with Crippen LogP contribution in [-0.4, -0.2) is 20.0 Å². The minimum atomic E-state index is 0.175. The lowest BCUT2D eigenvalue weighted by Gasteiger charge is -2.18. The van der Waals surface area contributed by atoms with E-state index in [1.165, 1.54) is 16.0 Å². The van der Waals surface area contributed by atoms with Crippen LogP contribution in [0.4, 0.5) is 5.69 Å². The molecule has 0 saturated carbocycles. The normalized spacial score (nSPS) is 15.4. The van der Waals surface area contributed by atoms with Crippen LogP contribution in [0.25, 0.3) is 0 Å². The molecule has 0 aliphatic carbocycles. The van der Waals surface area contributed by atoms with Crippen molar-refractivity contribution in [1.82, 2.24) is 5.32 Å². The smallest absolute Gasteiger partial charge is 0.231 e. The summed E-state index contributed by atoms with van der Waals surface area (Å²) in [5, 5.41) is 5.58. The highest BCUT2D eigenvalue weighted by atomic mass is 32.1. The number of nitrogens with zero attached hydrogens (tertiary/aromatic N) is 1. The maximum absolute atomic E-state index is 11.8. The highest BCUT2D eigenvalue weighted by Gasteiger charge is 2.25. The molecule has 1 unspecified atom stereocenters. The van der Waals surface area contributed by atoms with E-state index >= 15 is 0 Å². The number of thiophene rings is 1. The van der Waals surface area contributed by atoms with Gasteiger partial charge >= 0.3 is 0 Å². The average Bonchev–Trinajstić information content (AvgIpc) is 3.06. The van der Waals surface area contributed by atoms with E-state index in [4.69, 9.17) is 0 Å². The van der Waals surface area contributed by atoms with Gasteiger partial charge in [0.15, 0.2) is 0 Å². The summed E-state index contributed by atoms with van der Waals surface area (Å²) in [5.74, 6) is 0.175. The van der Waals surface area contributed by atoms with Crippen molar-refractivity contribution < 1.29 is 4.79 Å². The van der Waals surface area contributed by atoms with Crippen LogP contribution in [0.15, 0.2) is 29.6 Å². The molecule has 1 aromatic heterocycles. The van der Waals surface area contributed by atoms with E-state index in [1.54, 1.807) is 16.2 Å². The number of amides is 1. The zero-order valence-electron chi connectivity index (χ0n) is 12.6. The minimum Gasteiger partial charge on any atom is -0.315 e. The van der Waals surface area contributed by atoms with E-state index in [0.717, 1.165) is 17.7 Å². The number of rotatable bonds is 4. The van der Waals surface area contributed by atoms with E-state index in [9.17, 15) is 4.79 Å². The summed E-state index contributed by atoms with van der Waals surface area (Å²) in [6.07, 6.45) is 1.56. The standard InChI is InChI=1S/C17H20N2OS/c1-4-11-7-8-21-17(11)16(18-2)12-5-6-14-13(9-12)10-15(20)19(14)3/h5-9,16,18H,4,10H2,1-3H3. The Morgan fingerprint density at radius 1 is 1.38 bits per heavy atom. The lowest BCUT2D eigenvalue weighted by molar-refractivity contribution is -0.117. The molecule has 2 heterocycles. The maximum atomic E-state index is 11.8. The number of nitrogens with one attached hydrogen (secondary N) is 1. The number of likely N-dealkylation sites (N-methyl/N-ethyl adjacent to an activating group) is 1. The van der Waals surface area contributed by atoms with E-state index < -0.39 is 0 Å². The van der Waals surface area contributed by atoms with E-state index in [2.05, 4.69) is 41.9 Å². The first-order chi connectivity index (χ1) is 10.2. The fourth-order valence-corrected chi connectivity index (χ4v) is 4.14. The van der Waals surface area contributed by atoms with Crippen LogP contribution in [0.5, 0.6) is 0 Å². The Morgan fingerprint density at radius 3 is 2.90 bits per heavy atom. The zero-order valence-corrected chi connectivity index (χ0v) is 13.5. The Bertz CT molecular complexity index is 677. The molecule has 3 nitrogen and oxygen atoms in total. The molecular formula is C17H20N2OS. The van der Waals surface area contributed by atoms with Gasteiger partial charge in [0.1, 0.15) is 0 Å². The third-order valence-corrected chi connectivity index (χ3v) is 5.25. The van der Waals surface area contributed by atoms with Crippen molar-refractivity contribution in [3.63, 3.8) is 0 Å². The van der Waals surface area contributed by atoms with Crippen LogP contribution in [0.3, 0.4) is 0 Å². The van der Waals surface area contributed by atoms with Crippen molar-refractivity contribution in [1.29, 1.82) is 0 Å². The molecule has 0 fully saturated rings. The van der Waals surface area contributed by atoms with Gasteiger partial charge in [0.05, 0.1) is 12.5 Å². The molecule has 0 spiro atoms. The number of carbonyl (C=O) groups is 1. The van der Waals surface area contributed by atoms with E-state index in [1.807, 2.05) is 14.1 Å². The van der Waals surface area contributed by atoms with Crippen molar-refractivity contribution in [2.75, 3.05) is 19.0 Å². The SMILES string of the molecule is CCc1ccsc1C(NC)c1ccc2c(c1)CC(=O)N2C. The fraction of sp³-hybridized carbons (Fsp3) is 0.353. The molecule has 1 aliphatic rings. The molecule has 4 heteroatoms. The van der Waals surface area contributed by atoms with Gasteiger partial charge in [-0.05, 0) is 47.7 Å². The van der Waals surface area contributed by atoms with Gasteiger partial charge in [0, 0.05) is 17.6 Å². The Balaban J connectivity index is 2.00.